The molecule has 0 N–H and O–H groups in total. The van der Waals surface area contributed by atoms with Crippen molar-refractivity contribution in [2.24, 2.45) is 0 Å². The van der Waals surface area contributed by atoms with Crippen molar-refractivity contribution in [2.45, 2.75) is 13.3 Å². The lowest BCUT2D eigenvalue weighted by molar-refractivity contribution is 0.419. The fourth-order valence-corrected chi connectivity index (χ4v) is 1.41. The van der Waals surface area contributed by atoms with Gasteiger partial charge in [-0.05, 0) is 50.2 Å². The van der Waals surface area contributed by atoms with Gasteiger partial charge in [0.15, 0.2) is 0 Å². The Bertz CT molecular complexity index is 376. The zero-order chi connectivity index (χ0) is 12.3. The first-order valence-electron chi connectivity index (χ1n) is 5.30. The Morgan fingerprint density at radius 2 is 2.06 bits per heavy atom. The van der Waals surface area contributed by atoms with E-state index in [0.29, 0.717) is 11.0 Å². The summed E-state index contributed by atoms with van der Waals surface area (Å²) in [7, 11) is 9.72. The third kappa shape index (κ3) is 3.21. The van der Waals surface area contributed by atoms with Crippen molar-refractivity contribution >= 4 is 18.9 Å². The molecule has 0 amide bonds. The fraction of sp³-hybridized carbons (Fsp3) is 0.385. The number of nitrogens with zero attached hydrogens (tertiary/aromatic N) is 1. The molecule has 0 saturated heterocycles. The van der Waals surface area contributed by atoms with E-state index in [9.17, 15) is 4.39 Å². The van der Waals surface area contributed by atoms with Gasteiger partial charge in [-0.15, -0.1) is 0 Å². The minimum Gasteiger partial charge on any atom is -0.309 e. The zero-order valence-corrected chi connectivity index (χ0v) is 10.2. The molecule has 0 unspecified atom stereocenters. The first-order valence-corrected chi connectivity index (χ1v) is 5.30. The van der Waals surface area contributed by atoms with Gasteiger partial charge in [-0.2, -0.15) is 0 Å². The van der Waals surface area contributed by atoms with E-state index in [-0.39, 0.29) is 5.82 Å². The van der Waals surface area contributed by atoms with Crippen LogP contribution in [0.2, 0.25) is 0 Å². The van der Waals surface area contributed by atoms with E-state index >= 15 is 0 Å². The molecule has 0 aliphatic carbocycles. The second-order valence-corrected chi connectivity index (χ2v) is 4.33. The van der Waals surface area contributed by atoms with Crippen LogP contribution < -0.4 is 5.46 Å². The molecule has 0 spiro atoms. The summed E-state index contributed by atoms with van der Waals surface area (Å²) in [6, 6.07) is 3.29. The van der Waals surface area contributed by atoms with Gasteiger partial charge < -0.3 is 4.90 Å². The molecule has 0 fully saturated rings. The second-order valence-electron chi connectivity index (χ2n) is 4.33. The van der Waals surface area contributed by atoms with E-state index in [2.05, 4.69) is 11.5 Å². The average molecular weight is 217 g/mol. The Balaban J connectivity index is 2.84. The molecule has 0 aromatic heterocycles. The number of benzene rings is 1. The summed E-state index contributed by atoms with van der Waals surface area (Å²) in [6.45, 7) is 6.53. The van der Waals surface area contributed by atoms with Crippen molar-refractivity contribution in [1.29, 1.82) is 0 Å². The number of rotatable bonds is 4. The van der Waals surface area contributed by atoms with E-state index in [1.807, 2.05) is 14.1 Å². The summed E-state index contributed by atoms with van der Waals surface area (Å²) >= 11 is 0. The minimum absolute atomic E-state index is 0.263. The first kappa shape index (κ1) is 13.0. The van der Waals surface area contributed by atoms with Gasteiger partial charge in [0.25, 0.3) is 0 Å². The van der Waals surface area contributed by atoms with Gasteiger partial charge in [-0.25, -0.2) is 4.39 Å². The molecule has 0 aliphatic heterocycles. The molecule has 1 aromatic carbocycles. The van der Waals surface area contributed by atoms with Gasteiger partial charge >= 0.3 is 0 Å². The maximum Gasteiger partial charge on any atom is 0.126 e. The normalized spacial score (nSPS) is 10.8. The van der Waals surface area contributed by atoms with Gasteiger partial charge in [0.05, 0.1) is 0 Å². The van der Waals surface area contributed by atoms with Crippen molar-refractivity contribution in [3.63, 3.8) is 0 Å². The van der Waals surface area contributed by atoms with Crippen LogP contribution in [0.3, 0.4) is 0 Å². The lowest BCUT2D eigenvalue weighted by Crippen LogP contribution is -2.14. The molecular weight excluding hydrogens is 200 g/mol. The molecule has 84 valence electrons. The van der Waals surface area contributed by atoms with E-state index in [1.54, 1.807) is 13.0 Å². The number of halogens is 1. The molecule has 1 nitrogen and oxygen atoms in total. The first-order chi connectivity index (χ1) is 7.41. The summed E-state index contributed by atoms with van der Waals surface area (Å²) < 4.78 is 13.5. The highest BCUT2D eigenvalue weighted by atomic mass is 19.1. The zero-order valence-electron chi connectivity index (χ0n) is 10.2. The highest BCUT2D eigenvalue weighted by molar-refractivity contribution is 6.33. The van der Waals surface area contributed by atoms with E-state index in [0.717, 1.165) is 24.1 Å². The monoisotopic (exact) mass is 217 g/mol. The van der Waals surface area contributed by atoms with E-state index in [4.69, 9.17) is 7.85 Å². The highest BCUT2D eigenvalue weighted by Crippen LogP contribution is 2.17. The smallest absolute Gasteiger partial charge is 0.126 e. The fourth-order valence-electron chi connectivity index (χ4n) is 1.41. The van der Waals surface area contributed by atoms with E-state index < -0.39 is 0 Å². The average Bonchev–Trinajstić information content (AvgIpc) is 2.21. The maximum atomic E-state index is 13.5. The molecule has 0 bridgehead atoms. The van der Waals surface area contributed by atoms with Crippen molar-refractivity contribution in [1.82, 2.24) is 4.90 Å². The number of hydrogen-bond donors (Lipinski definition) is 0. The Kier molecular flexibility index (Phi) is 4.31. The van der Waals surface area contributed by atoms with Gasteiger partial charge in [-0.1, -0.05) is 18.1 Å². The quantitative estimate of drug-likeness (QED) is 0.696. The van der Waals surface area contributed by atoms with Crippen LogP contribution in [-0.4, -0.2) is 33.4 Å². The summed E-state index contributed by atoms with van der Waals surface area (Å²) in [6.07, 6.45) is 0.814. The van der Waals surface area contributed by atoms with Crippen LogP contribution in [0.4, 0.5) is 4.39 Å². The SMILES string of the molecule is [B]c1cc(C(=C)CCN(C)C)cc(F)c1C. The van der Waals surface area contributed by atoms with Crippen molar-refractivity contribution < 1.29 is 4.39 Å². The Morgan fingerprint density at radius 1 is 1.44 bits per heavy atom. The van der Waals surface area contributed by atoms with Gasteiger partial charge in [0, 0.05) is 6.54 Å². The van der Waals surface area contributed by atoms with Crippen molar-refractivity contribution in [3.8, 4) is 0 Å². The summed E-state index contributed by atoms with van der Waals surface area (Å²) in [5.74, 6) is -0.263. The summed E-state index contributed by atoms with van der Waals surface area (Å²) in [4.78, 5) is 2.07. The number of hydrogen-bond acceptors (Lipinski definition) is 1. The van der Waals surface area contributed by atoms with Crippen LogP contribution in [0.25, 0.3) is 5.57 Å². The second kappa shape index (κ2) is 5.31. The minimum atomic E-state index is -0.263. The van der Waals surface area contributed by atoms with Gasteiger partial charge in [0.2, 0.25) is 0 Å². The van der Waals surface area contributed by atoms with Gasteiger partial charge in [0.1, 0.15) is 13.7 Å². The molecule has 0 saturated carbocycles. The predicted octanol–water partition coefficient (Wildman–Crippen LogP) is 1.89. The Morgan fingerprint density at radius 3 is 2.56 bits per heavy atom. The Labute approximate surface area is 98.4 Å². The largest absolute Gasteiger partial charge is 0.309 e. The lowest BCUT2D eigenvalue weighted by atomic mass is 9.87. The van der Waals surface area contributed by atoms with Crippen molar-refractivity contribution in [2.75, 3.05) is 20.6 Å². The van der Waals surface area contributed by atoms with Crippen LogP contribution in [0.1, 0.15) is 17.5 Å². The van der Waals surface area contributed by atoms with Crippen LogP contribution in [0.15, 0.2) is 18.7 Å². The summed E-state index contributed by atoms with van der Waals surface area (Å²) in [5, 5.41) is 0. The van der Waals surface area contributed by atoms with Crippen LogP contribution in [0, 0.1) is 12.7 Å². The summed E-state index contributed by atoms with van der Waals surface area (Å²) in [5.41, 5.74) is 2.70. The van der Waals surface area contributed by atoms with Crippen LogP contribution in [-0.2, 0) is 0 Å². The van der Waals surface area contributed by atoms with Crippen LogP contribution >= 0.6 is 0 Å². The molecule has 0 atom stereocenters. The third-order valence-electron chi connectivity index (χ3n) is 2.65. The molecule has 0 aliphatic rings. The van der Waals surface area contributed by atoms with Crippen LogP contribution in [0.5, 0.6) is 0 Å². The molecule has 1 aromatic rings. The maximum absolute atomic E-state index is 13.5. The standard InChI is InChI=1S/C13H17BFN/c1-9(5-6-16(3)4)11-7-12(14)10(2)13(15)8-11/h7-8H,1,5-6H2,2-4H3. The topological polar surface area (TPSA) is 3.24 Å². The van der Waals surface area contributed by atoms with Crippen molar-refractivity contribution in [3.05, 3.63) is 35.7 Å². The molecule has 3 heteroatoms. The highest BCUT2D eigenvalue weighted by Gasteiger charge is 2.06. The predicted molar refractivity (Wildman–Crippen MR) is 68.7 cm³/mol. The molecule has 2 radical (unpaired) electrons. The molecular formula is C13H17BFN. The lowest BCUT2D eigenvalue weighted by Gasteiger charge is -2.13. The van der Waals surface area contributed by atoms with Gasteiger partial charge in [-0.3, -0.25) is 0 Å². The molecule has 0 heterocycles. The third-order valence-corrected chi connectivity index (χ3v) is 2.65. The Hall–Kier alpha value is -1.09. The molecule has 1 rings (SSSR count). The van der Waals surface area contributed by atoms with E-state index in [1.165, 1.54) is 6.07 Å². The molecule has 16 heavy (non-hydrogen) atoms.